The van der Waals surface area contributed by atoms with Gasteiger partial charge >= 0.3 is 0 Å². The molecule has 0 spiro atoms. The van der Waals surface area contributed by atoms with Gasteiger partial charge in [-0.05, 0) is 80.5 Å². The SMILES string of the molecule is CNCCCC(C=O)NC(=O)c1ccc(-c2c(C(C)(C)COC)n(-c3ccc(F)cc3)c3cc(C=N)c(N)cc23)cc1. The van der Waals surface area contributed by atoms with Crippen molar-refractivity contribution in [3.05, 3.63) is 83.3 Å². The summed E-state index contributed by atoms with van der Waals surface area (Å²) < 4.78 is 21.7. The summed E-state index contributed by atoms with van der Waals surface area (Å²) >= 11 is 0. The molecule has 5 N–H and O–H groups in total. The third-order valence-corrected chi connectivity index (χ3v) is 7.42. The quantitative estimate of drug-likeness (QED) is 0.0757. The van der Waals surface area contributed by atoms with Crippen LogP contribution in [0.25, 0.3) is 27.7 Å². The first kappa shape index (κ1) is 30.6. The fraction of sp³-hybridized carbons (Fsp3) is 0.303. The van der Waals surface area contributed by atoms with Gasteiger partial charge in [0.1, 0.15) is 12.1 Å². The van der Waals surface area contributed by atoms with E-state index in [0.29, 0.717) is 29.8 Å². The van der Waals surface area contributed by atoms with Crippen LogP contribution in [0.2, 0.25) is 0 Å². The lowest BCUT2D eigenvalue weighted by atomic mass is 9.84. The van der Waals surface area contributed by atoms with Gasteiger partial charge in [-0.1, -0.05) is 26.0 Å². The molecule has 0 bridgehead atoms. The van der Waals surface area contributed by atoms with Crippen molar-refractivity contribution in [2.24, 2.45) is 0 Å². The van der Waals surface area contributed by atoms with Gasteiger partial charge in [-0.3, -0.25) is 4.79 Å². The van der Waals surface area contributed by atoms with Crippen LogP contribution in [0.3, 0.4) is 0 Å². The van der Waals surface area contributed by atoms with Crippen LogP contribution in [0.1, 0.15) is 48.3 Å². The second kappa shape index (κ2) is 13.1. The molecule has 8 nitrogen and oxygen atoms in total. The number of carbonyl (C=O) groups is 2. The standard InChI is InChI=1S/C33H38FN5O3/c1-33(2,20-42-4)31-30(21-7-9-22(10-8-21)32(41)38-25(19-40)6-5-15-37-3)27-17-28(36)23(18-35)16-29(27)39(31)26-13-11-24(34)12-14-26/h7-14,16-19,25,35,37H,5-6,15,20,36H2,1-4H3,(H,38,41). The van der Waals surface area contributed by atoms with Crippen molar-refractivity contribution < 1.29 is 18.7 Å². The molecule has 0 aliphatic rings. The van der Waals surface area contributed by atoms with E-state index in [9.17, 15) is 14.0 Å². The number of methoxy groups -OCH3 is 1. The first-order chi connectivity index (χ1) is 20.1. The molecule has 0 aliphatic carbocycles. The number of halogens is 1. The maximum Gasteiger partial charge on any atom is 0.251 e. The summed E-state index contributed by atoms with van der Waals surface area (Å²) in [6, 6.07) is 16.7. The van der Waals surface area contributed by atoms with Crippen molar-refractivity contribution in [1.29, 1.82) is 5.41 Å². The maximum absolute atomic E-state index is 14.0. The van der Waals surface area contributed by atoms with Gasteiger partial charge in [0.05, 0.1) is 18.2 Å². The number of aromatic nitrogens is 1. The Morgan fingerprint density at radius 1 is 1.14 bits per heavy atom. The monoisotopic (exact) mass is 571 g/mol. The number of benzene rings is 3. The highest BCUT2D eigenvalue weighted by atomic mass is 19.1. The summed E-state index contributed by atoms with van der Waals surface area (Å²) in [6.45, 7) is 5.30. The molecule has 0 aliphatic heterocycles. The number of ether oxygens (including phenoxy) is 1. The Labute approximate surface area is 245 Å². The Bertz CT molecular complexity index is 1580. The van der Waals surface area contributed by atoms with E-state index in [1.807, 2.05) is 31.3 Å². The molecule has 42 heavy (non-hydrogen) atoms. The average molecular weight is 572 g/mol. The zero-order valence-corrected chi connectivity index (χ0v) is 24.5. The smallest absolute Gasteiger partial charge is 0.251 e. The molecule has 1 heterocycles. The molecule has 0 radical (unpaired) electrons. The summed E-state index contributed by atoms with van der Waals surface area (Å²) in [6.07, 6.45) is 3.30. The fourth-order valence-corrected chi connectivity index (χ4v) is 5.43. The topological polar surface area (TPSA) is 122 Å². The van der Waals surface area contributed by atoms with Crippen LogP contribution in [-0.4, -0.2) is 56.3 Å². The van der Waals surface area contributed by atoms with Gasteiger partial charge in [0.15, 0.2) is 0 Å². The zero-order valence-electron chi connectivity index (χ0n) is 24.5. The number of nitrogen functional groups attached to an aromatic ring is 1. The highest BCUT2D eigenvalue weighted by molar-refractivity contribution is 6.05. The normalized spacial score (nSPS) is 12.3. The van der Waals surface area contributed by atoms with Crippen LogP contribution in [0, 0.1) is 11.2 Å². The average Bonchev–Trinajstić information content (AvgIpc) is 3.31. The minimum atomic E-state index is -0.563. The van der Waals surface area contributed by atoms with Gasteiger partial charge in [0, 0.05) is 57.9 Å². The minimum Gasteiger partial charge on any atom is -0.398 e. The van der Waals surface area contributed by atoms with E-state index in [-0.39, 0.29) is 11.7 Å². The summed E-state index contributed by atoms with van der Waals surface area (Å²) in [4.78, 5) is 24.5. The molecule has 0 fully saturated rings. The van der Waals surface area contributed by atoms with E-state index in [1.54, 1.807) is 31.4 Å². The van der Waals surface area contributed by atoms with Crippen LogP contribution >= 0.6 is 0 Å². The number of nitrogens with zero attached hydrogens (tertiary/aromatic N) is 1. The van der Waals surface area contributed by atoms with E-state index in [4.69, 9.17) is 15.9 Å². The lowest BCUT2D eigenvalue weighted by Gasteiger charge is -2.28. The van der Waals surface area contributed by atoms with Gasteiger partial charge in [0.25, 0.3) is 5.91 Å². The van der Waals surface area contributed by atoms with E-state index >= 15 is 0 Å². The Kier molecular flexibility index (Phi) is 9.55. The number of hydrogen-bond donors (Lipinski definition) is 4. The van der Waals surface area contributed by atoms with E-state index < -0.39 is 11.5 Å². The molecule has 0 saturated heterocycles. The predicted molar refractivity (Wildman–Crippen MR) is 166 cm³/mol. The highest BCUT2D eigenvalue weighted by Crippen LogP contribution is 2.44. The minimum absolute atomic E-state index is 0.323. The van der Waals surface area contributed by atoms with Crippen molar-refractivity contribution in [3.63, 3.8) is 0 Å². The van der Waals surface area contributed by atoms with Gasteiger partial charge in [0.2, 0.25) is 0 Å². The van der Waals surface area contributed by atoms with Gasteiger partial charge in [-0.15, -0.1) is 0 Å². The molecular formula is C33H38FN5O3. The summed E-state index contributed by atoms with van der Waals surface area (Å²) in [5.41, 5.74) is 11.5. The number of nitrogens with one attached hydrogen (secondary N) is 3. The molecule has 3 aromatic carbocycles. The van der Waals surface area contributed by atoms with E-state index in [1.165, 1.54) is 18.3 Å². The highest BCUT2D eigenvalue weighted by Gasteiger charge is 2.32. The molecular weight excluding hydrogens is 533 g/mol. The molecule has 220 valence electrons. The Balaban J connectivity index is 1.89. The number of aldehydes is 1. The van der Waals surface area contributed by atoms with Gasteiger partial charge < -0.3 is 35.9 Å². The first-order valence-corrected chi connectivity index (χ1v) is 13.9. The second-order valence-corrected chi connectivity index (χ2v) is 11.0. The summed E-state index contributed by atoms with van der Waals surface area (Å²) in [5.74, 6) is -0.665. The molecule has 1 atom stereocenters. The number of anilines is 1. The fourth-order valence-electron chi connectivity index (χ4n) is 5.43. The predicted octanol–water partition coefficient (Wildman–Crippen LogP) is 5.24. The number of nitrogens with two attached hydrogens (primary N) is 1. The van der Waals surface area contributed by atoms with Crippen molar-refractivity contribution in [2.45, 2.75) is 38.1 Å². The molecule has 9 heteroatoms. The van der Waals surface area contributed by atoms with E-state index in [2.05, 4.69) is 29.0 Å². The lowest BCUT2D eigenvalue weighted by Crippen LogP contribution is -2.36. The van der Waals surface area contributed by atoms with Crippen LogP contribution in [-0.2, 0) is 14.9 Å². The number of amides is 1. The third-order valence-electron chi connectivity index (χ3n) is 7.42. The van der Waals surface area contributed by atoms with Crippen LogP contribution in [0.15, 0.2) is 60.7 Å². The Hall–Kier alpha value is -4.34. The van der Waals surface area contributed by atoms with Crippen molar-refractivity contribution in [2.75, 3.05) is 33.0 Å². The van der Waals surface area contributed by atoms with Gasteiger partial charge in [-0.25, -0.2) is 4.39 Å². The Morgan fingerprint density at radius 2 is 1.83 bits per heavy atom. The molecule has 0 saturated carbocycles. The van der Waals surface area contributed by atoms with Crippen molar-refractivity contribution in [1.82, 2.24) is 15.2 Å². The number of fused-ring (bicyclic) bond motifs is 1. The second-order valence-electron chi connectivity index (χ2n) is 11.0. The molecule has 4 aromatic rings. The lowest BCUT2D eigenvalue weighted by molar-refractivity contribution is -0.109. The number of carbonyl (C=O) groups excluding carboxylic acids is 2. The van der Waals surface area contributed by atoms with Crippen molar-refractivity contribution in [3.8, 4) is 16.8 Å². The van der Waals surface area contributed by atoms with E-state index in [0.717, 1.165) is 52.7 Å². The maximum atomic E-state index is 14.0. The summed E-state index contributed by atoms with van der Waals surface area (Å²) in [5, 5.41) is 14.6. The largest absolute Gasteiger partial charge is 0.398 e. The van der Waals surface area contributed by atoms with Crippen LogP contribution in [0.4, 0.5) is 10.1 Å². The molecule has 4 rings (SSSR count). The van der Waals surface area contributed by atoms with Gasteiger partial charge in [-0.2, -0.15) is 0 Å². The molecule has 1 aromatic heterocycles. The molecule has 1 unspecified atom stereocenters. The van der Waals surface area contributed by atoms with Crippen LogP contribution in [0.5, 0.6) is 0 Å². The number of hydrogen-bond acceptors (Lipinski definition) is 6. The Morgan fingerprint density at radius 3 is 2.43 bits per heavy atom. The first-order valence-electron chi connectivity index (χ1n) is 13.9. The number of rotatable bonds is 13. The molecule has 1 amide bonds. The van der Waals surface area contributed by atoms with Crippen molar-refractivity contribution >= 4 is 35.0 Å². The summed E-state index contributed by atoms with van der Waals surface area (Å²) in [7, 11) is 3.49. The van der Waals surface area contributed by atoms with Crippen LogP contribution < -0.4 is 16.4 Å². The third kappa shape index (κ3) is 6.27. The zero-order chi connectivity index (χ0) is 30.4.